The van der Waals surface area contributed by atoms with Crippen molar-refractivity contribution in [3.63, 3.8) is 0 Å². The van der Waals surface area contributed by atoms with Gasteiger partial charge in [0.05, 0.1) is 32.0 Å². The van der Waals surface area contributed by atoms with Crippen LogP contribution in [-0.4, -0.2) is 67.5 Å². The lowest BCUT2D eigenvalue weighted by molar-refractivity contribution is -0.183. The molecular formula is C15H29NO4. The molecule has 1 spiro atoms. The van der Waals surface area contributed by atoms with E-state index in [9.17, 15) is 5.11 Å². The number of aliphatic hydroxyl groups excluding tert-OH is 1. The highest BCUT2D eigenvalue weighted by molar-refractivity contribution is 4.86. The first-order valence-electron chi connectivity index (χ1n) is 7.78. The Morgan fingerprint density at radius 3 is 2.40 bits per heavy atom. The van der Waals surface area contributed by atoms with Crippen molar-refractivity contribution in [3.8, 4) is 0 Å². The average molecular weight is 287 g/mol. The molecule has 118 valence electrons. The minimum Gasteiger partial charge on any atom is -0.389 e. The third-order valence-corrected chi connectivity index (χ3v) is 4.27. The number of hydrogen-bond acceptors (Lipinski definition) is 5. The minimum absolute atomic E-state index is 0.168. The lowest BCUT2D eigenvalue weighted by Crippen LogP contribution is -2.45. The number of ether oxygens (including phenoxy) is 3. The summed E-state index contributed by atoms with van der Waals surface area (Å²) < 4.78 is 16.9. The van der Waals surface area contributed by atoms with Gasteiger partial charge in [-0.1, -0.05) is 0 Å². The Morgan fingerprint density at radius 2 is 1.85 bits per heavy atom. The second kappa shape index (κ2) is 7.18. The third-order valence-electron chi connectivity index (χ3n) is 4.27. The summed E-state index contributed by atoms with van der Waals surface area (Å²) in [5.74, 6) is -0.295. The van der Waals surface area contributed by atoms with Gasteiger partial charge in [0.15, 0.2) is 5.79 Å². The number of nitrogens with zero attached hydrogens (tertiary/aromatic N) is 1. The Kier molecular flexibility index (Phi) is 5.81. The van der Waals surface area contributed by atoms with Crippen LogP contribution in [0.15, 0.2) is 0 Å². The quantitative estimate of drug-likeness (QED) is 0.800. The highest BCUT2D eigenvalue weighted by atomic mass is 16.7. The van der Waals surface area contributed by atoms with Gasteiger partial charge in [-0.25, -0.2) is 0 Å². The standard InChI is InChI=1S/C15H29NO4/c1-12(2)18-11-14(17)10-16(3)13-4-6-15(7-5-13)19-8-9-20-15/h12-14,17H,4-11H2,1-3H3. The number of likely N-dealkylation sites (N-methyl/N-ethyl adjacent to an activating group) is 1. The van der Waals surface area contributed by atoms with E-state index in [1.54, 1.807) is 0 Å². The fourth-order valence-electron chi connectivity index (χ4n) is 3.11. The van der Waals surface area contributed by atoms with E-state index in [1.165, 1.54) is 0 Å². The minimum atomic E-state index is -0.419. The van der Waals surface area contributed by atoms with Gasteiger partial charge in [0.1, 0.15) is 0 Å². The van der Waals surface area contributed by atoms with E-state index in [1.807, 2.05) is 13.8 Å². The van der Waals surface area contributed by atoms with Crippen molar-refractivity contribution in [1.82, 2.24) is 4.90 Å². The molecule has 0 aromatic rings. The summed E-state index contributed by atoms with van der Waals surface area (Å²) in [5.41, 5.74) is 0. The van der Waals surface area contributed by atoms with Crippen molar-refractivity contribution in [2.75, 3.05) is 33.4 Å². The van der Waals surface area contributed by atoms with Crippen LogP contribution in [0.1, 0.15) is 39.5 Å². The molecule has 0 aromatic heterocycles. The van der Waals surface area contributed by atoms with Gasteiger partial charge in [0.2, 0.25) is 0 Å². The first kappa shape index (κ1) is 16.2. The smallest absolute Gasteiger partial charge is 0.168 e. The van der Waals surface area contributed by atoms with Gasteiger partial charge >= 0.3 is 0 Å². The molecule has 2 aliphatic rings. The van der Waals surface area contributed by atoms with Gasteiger partial charge in [0.25, 0.3) is 0 Å². The molecule has 0 radical (unpaired) electrons. The van der Waals surface area contributed by atoms with Gasteiger partial charge in [-0.2, -0.15) is 0 Å². The van der Waals surface area contributed by atoms with E-state index < -0.39 is 6.10 Å². The van der Waals surface area contributed by atoms with Crippen molar-refractivity contribution in [1.29, 1.82) is 0 Å². The van der Waals surface area contributed by atoms with Crippen molar-refractivity contribution in [3.05, 3.63) is 0 Å². The molecule has 1 heterocycles. The van der Waals surface area contributed by atoms with Crippen LogP contribution < -0.4 is 0 Å². The predicted molar refractivity (Wildman–Crippen MR) is 76.6 cm³/mol. The topological polar surface area (TPSA) is 51.2 Å². The molecule has 1 atom stereocenters. The summed E-state index contributed by atoms with van der Waals surface area (Å²) in [6.45, 7) is 6.49. The number of hydrogen-bond donors (Lipinski definition) is 1. The first-order valence-corrected chi connectivity index (χ1v) is 7.78. The lowest BCUT2D eigenvalue weighted by atomic mass is 9.89. The summed E-state index contributed by atoms with van der Waals surface area (Å²) in [4.78, 5) is 2.25. The highest BCUT2D eigenvalue weighted by Crippen LogP contribution is 2.37. The fraction of sp³-hybridized carbons (Fsp3) is 1.00. The molecule has 2 fully saturated rings. The zero-order valence-corrected chi connectivity index (χ0v) is 13.0. The van der Waals surface area contributed by atoms with Gasteiger partial charge in [0, 0.05) is 25.4 Å². The number of rotatable bonds is 6. The van der Waals surface area contributed by atoms with Crippen LogP contribution in [0.3, 0.4) is 0 Å². The molecule has 1 N–H and O–H groups in total. The SMILES string of the molecule is CC(C)OCC(O)CN(C)C1CCC2(CC1)OCCO2. The Morgan fingerprint density at radius 1 is 1.25 bits per heavy atom. The van der Waals surface area contributed by atoms with Crippen LogP contribution in [0, 0.1) is 0 Å². The monoisotopic (exact) mass is 287 g/mol. The predicted octanol–water partition coefficient (Wildman–Crippen LogP) is 1.39. The number of aliphatic hydroxyl groups is 1. The van der Waals surface area contributed by atoms with Crippen molar-refractivity contribution in [2.24, 2.45) is 0 Å². The Balaban J connectivity index is 1.70. The molecule has 20 heavy (non-hydrogen) atoms. The maximum Gasteiger partial charge on any atom is 0.168 e. The zero-order chi connectivity index (χ0) is 14.6. The van der Waals surface area contributed by atoms with E-state index in [0.717, 1.165) is 38.9 Å². The van der Waals surface area contributed by atoms with Crippen molar-refractivity contribution in [2.45, 2.75) is 63.6 Å². The van der Waals surface area contributed by atoms with Crippen molar-refractivity contribution >= 4 is 0 Å². The maximum absolute atomic E-state index is 9.99. The highest BCUT2D eigenvalue weighted by Gasteiger charge is 2.41. The van der Waals surface area contributed by atoms with E-state index >= 15 is 0 Å². The Bertz CT molecular complexity index is 282. The summed E-state index contributed by atoms with van der Waals surface area (Å²) in [6, 6.07) is 0.502. The average Bonchev–Trinajstić information content (AvgIpc) is 2.85. The second-order valence-corrected chi connectivity index (χ2v) is 6.31. The maximum atomic E-state index is 9.99. The van der Waals surface area contributed by atoms with Crippen LogP contribution in [-0.2, 0) is 14.2 Å². The van der Waals surface area contributed by atoms with E-state index in [4.69, 9.17) is 14.2 Å². The summed E-state index contributed by atoms with van der Waals surface area (Å²) in [5, 5.41) is 9.99. The molecular weight excluding hydrogens is 258 g/mol. The van der Waals surface area contributed by atoms with Gasteiger partial charge in [-0.3, -0.25) is 0 Å². The fourth-order valence-corrected chi connectivity index (χ4v) is 3.11. The summed E-state index contributed by atoms with van der Waals surface area (Å²) in [6.07, 6.45) is 3.79. The molecule has 1 saturated heterocycles. The second-order valence-electron chi connectivity index (χ2n) is 6.31. The van der Waals surface area contributed by atoms with E-state index in [2.05, 4.69) is 11.9 Å². The van der Waals surface area contributed by atoms with Crippen LogP contribution in [0.5, 0.6) is 0 Å². The summed E-state index contributed by atoms with van der Waals surface area (Å²) >= 11 is 0. The normalized spacial score (nSPS) is 24.9. The third kappa shape index (κ3) is 4.40. The molecule has 5 heteroatoms. The largest absolute Gasteiger partial charge is 0.389 e. The van der Waals surface area contributed by atoms with Crippen LogP contribution >= 0.6 is 0 Å². The Hall–Kier alpha value is -0.200. The lowest BCUT2D eigenvalue weighted by Gasteiger charge is -2.39. The van der Waals surface area contributed by atoms with Crippen molar-refractivity contribution < 1.29 is 19.3 Å². The first-order chi connectivity index (χ1) is 9.51. The molecule has 1 aliphatic carbocycles. The van der Waals surface area contributed by atoms with Crippen LogP contribution in [0.25, 0.3) is 0 Å². The van der Waals surface area contributed by atoms with E-state index in [-0.39, 0.29) is 11.9 Å². The molecule has 1 unspecified atom stereocenters. The van der Waals surface area contributed by atoms with E-state index in [0.29, 0.717) is 19.2 Å². The molecule has 0 aromatic carbocycles. The van der Waals surface area contributed by atoms with Gasteiger partial charge in [-0.15, -0.1) is 0 Å². The Labute approximate surface area is 122 Å². The molecule has 0 bridgehead atoms. The zero-order valence-electron chi connectivity index (χ0n) is 13.0. The molecule has 1 saturated carbocycles. The van der Waals surface area contributed by atoms with Gasteiger partial charge < -0.3 is 24.2 Å². The molecule has 5 nitrogen and oxygen atoms in total. The van der Waals surface area contributed by atoms with Gasteiger partial charge in [-0.05, 0) is 33.7 Å². The molecule has 0 amide bonds. The molecule has 1 aliphatic heterocycles. The summed E-state index contributed by atoms with van der Waals surface area (Å²) in [7, 11) is 2.08. The van der Waals surface area contributed by atoms with Crippen LogP contribution in [0.4, 0.5) is 0 Å². The molecule has 2 rings (SSSR count). The van der Waals surface area contributed by atoms with Crippen LogP contribution in [0.2, 0.25) is 0 Å².